The van der Waals surface area contributed by atoms with Gasteiger partial charge in [-0.25, -0.2) is 0 Å². The minimum atomic E-state index is -4.54. The van der Waals surface area contributed by atoms with Crippen molar-refractivity contribution in [2.24, 2.45) is 17.8 Å². The lowest BCUT2D eigenvalue weighted by Crippen LogP contribution is -2.43. The summed E-state index contributed by atoms with van der Waals surface area (Å²) >= 11 is 7.01. The predicted octanol–water partition coefficient (Wildman–Crippen LogP) is 4.82. The van der Waals surface area contributed by atoms with Crippen LogP contribution in [0.4, 0.5) is 13.2 Å². The molecule has 0 spiro atoms. The molecule has 0 radical (unpaired) electrons. The second-order valence-corrected chi connectivity index (χ2v) is 9.86. The summed E-state index contributed by atoms with van der Waals surface area (Å²) in [5, 5.41) is 10.4. The molecule has 10 heteroatoms. The molecule has 5 nitrogen and oxygen atoms in total. The molecule has 2 aromatic rings. The van der Waals surface area contributed by atoms with Gasteiger partial charge >= 0.3 is 6.18 Å². The highest BCUT2D eigenvalue weighted by molar-refractivity contribution is 8.00. The molecule has 4 rings (SSSR count). The monoisotopic (exact) mass is 446 g/mol. The second-order valence-electron chi connectivity index (χ2n) is 8.15. The number of nitrogens with zero attached hydrogens (tertiary/aromatic N) is 3. The van der Waals surface area contributed by atoms with Gasteiger partial charge in [-0.3, -0.25) is 9.20 Å². The van der Waals surface area contributed by atoms with E-state index in [0.717, 1.165) is 29.9 Å². The Labute approximate surface area is 175 Å². The zero-order valence-corrected chi connectivity index (χ0v) is 17.6. The van der Waals surface area contributed by atoms with Crippen LogP contribution in [0.2, 0.25) is 5.02 Å². The Bertz CT molecular complexity index is 934. The van der Waals surface area contributed by atoms with E-state index in [1.54, 1.807) is 6.92 Å². The number of pyridine rings is 1. The third-order valence-electron chi connectivity index (χ3n) is 6.21. The molecule has 2 aliphatic rings. The van der Waals surface area contributed by atoms with Crippen LogP contribution in [0, 0.1) is 17.8 Å². The number of hydrogen-bond acceptors (Lipinski definition) is 4. The number of hydrogen-bond donors (Lipinski definition) is 1. The number of fused-ring (bicyclic) bond motifs is 3. The third kappa shape index (κ3) is 4.08. The lowest BCUT2D eigenvalue weighted by molar-refractivity contribution is -0.137. The molecule has 2 fully saturated rings. The predicted molar refractivity (Wildman–Crippen MR) is 105 cm³/mol. The highest BCUT2D eigenvalue weighted by Crippen LogP contribution is 2.49. The van der Waals surface area contributed by atoms with Crippen molar-refractivity contribution >= 4 is 34.9 Å². The normalized spacial score (nSPS) is 26.1. The molecule has 158 valence electrons. The molecule has 1 amide bonds. The molecule has 2 aromatic heterocycles. The maximum absolute atomic E-state index is 13.1. The summed E-state index contributed by atoms with van der Waals surface area (Å²) in [6.07, 6.45) is 1.35. The lowest BCUT2D eigenvalue weighted by Gasteiger charge is -2.29. The first kappa shape index (κ1) is 20.8. The van der Waals surface area contributed by atoms with Crippen molar-refractivity contribution in [2.75, 3.05) is 0 Å². The highest BCUT2D eigenvalue weighted by atomic mass is 35.5. The molecule has 29 heavy (non-hydrogen) atoms. The van der Waals surface area contributed by atoms with Crippen molar-refractivity contribution in [2.45, 2.75) is 62.2 Å². The number of aromatic nitrogens is 3. The van der Waals surface area contributed by atoms with Crippen LogP contribution in [0.15, 0.2) is 17.4 Å². The first-order valence-corrected chi connectivity index (χ1v) is 11.0. The van der Waals surface area contributed by atoms with Gasteiger partial charge in [0.1, 0.15) is 0 Å². The van der Waals surface area contributed by atoms with Crippen LogP contribution in [-0.4, -0.2) is 31.8 Å². The maximum atomic E-state index is 13.1. The van der Waals surface area contributed by atoms with Gasteiger partial charge in [-0.15, -0.1) is 10.2 Å². The summed E-state index contributed by atoms with van der Waals surface area (Å²) in [5.74, 6) is 1.85. The summed E-state index contributed by atoms with van der Waals surface area (Å²) in [4.78, 5) is 12.7. The molecule has 5 atom stereocenters. The van der Waals surface area contributed by atoms with Crippen molar-refractivity contribution in [1.29, 1.82) is 0 Å². The first-order valence-electron chi connectivity index (χ1n) is 9.72. The van der Waals surface area contributed by atoms with Gasteiger partial charge in [-0.2, -0.15) is 13.2 Å². The van der Waals surface area contributed by atoms with E-state index < -0.39 is 17.0 Å². The van der Waals surface area contributed by atoms with Crippen LogP contribution in [0.1, 0.15) is 45.1 Å². The van der Waals surface area contributed by atoms with Gasteiger partial charge in [0.15, 0.2) is 10.8 Å². The van der Waals surface area contributed by atoms with Crippen molar-refractivity contribution < 1.29 is 18.0 Å². The minimum Gasteiger partial charge on any atom is -0.352 e. The Balaban J connectivity index is 1.46. The SMILES string of the molecule is C[C@H](Sc1nnc2c(Cl)cc(C(F)(F)F)cn12)C(=O)N[C@@H](C)[C@@H]1C[C@@H]2CC[C@@H]1C2. The molecular weight excluding hydrogens is 425 g/mol. The van der Waals surface area contributed by atoms with E-state index in [4.69, 9.17) is 11.6 Å². The number of nitrogens with one attached hydrogen (secondary N) is 1. The average molecular weight is 447 g/mol. The van der Waals surface area contributed by atoms with Gasteiger partial charge < -0.3 is 5.32 Å². The average Bonchev–Trinajstić information content (AvgIpc) is 3.36. The molecule has 0 unspecified atom stereocenters. The molecule has 2 bridgehead atoms. The van der Waals surface area contributed by atoms with Crippen LogP contribution in [-0.2, 0) is 11.0 Å². The van der Waals surface area contributed by atoms with E-state index in [9.17, 15) is 18.0 Å². The lowest BCUT2D eigenvalue weighted by atomic mass is 9.84. The van der Waals surface area contributed by atoms with Crippen molar-refractivity contribution in [3.63, 3.8) is 0 Å². The van der Waals surface area contributed by atoms with Crippen LogP contribution in [0.25, 0.3) is 5.65 Å². The molecule has 1 N–H and O–H groups in total. The number of thioether (sulfide) groups is 1. The van der Waals surface area contributed by atoms with Crippen molar-refractivity contribution in [3.05, 3.63) is 22.8 Å². The summed E-state index contributed by atoms with van der Waals surface area (Å²) < 4.78 is 40.5. The van der Waals surface area contributed by atoms with Crippen LogP contribution < -0.4 is 5.32 Å². The van der Waals surface area contributed by atoms with Gasteiger partial charge in [-0.1, -0.05) is 29.8 Å². The maximum Gasteiger partial charge on any atom is 0.417 e. The number of carbonyl (C=O) groups is 1. The van der Waals surface area contributed by atoms with E-state index in [2.05, 4.69) is 15.5 Å². The van der Waals surface area contributed by atoms with E-state index in [1.165, 1.54) is 30.1 Å². The van der Waals surface area contributed by atoms with E-state index >= 15 is 0 Å². The topological polar surface area (TPSA) is 59.3 Å². The number of amides is 1. The largest absolute Gasteiger partial charge is 0.417 e. The van der Waals surface area contributed by atoms with Crippen molar-refractivity contribution in [1.82, 2.24) is 19.9 Å². The van der Waals surface area contributed by atoms with Crippen LogP contribution in [0.5, 0.6) is 0 Å². The van der Waals surface area contributed by atoms with Gasteiger partial charge in [0.25, 0.3) is 0 Å². The highest BCUT2D eigenvalue weighted by Gasteiger charge is 2.42. The zero-order valence-electron chi connectivity index (χ0n) is 16.0. The quantitative estimate of drug-likeness (QED) is 0.669. The summed E-state index contributed by atoms with van der Waals surface area (Å²) in [6.45, 7) is 3.76. The van der Waals surface area contributed by atoms with Gasteiger partial charge in [0.2, 0.25) is 5.91 Å². The Morgan fingerprint density at radius 3 is 2.69 bits per heavy atom. The zero-order chi connectivity index (χ0) is 20.9. The fraction of sp³-hybridized carbons (Fsp3) is 0.632. The molecule has 0 aromatic carbocycles. The van der Waals surface area contributed by atoms with Gasteiger partial charge in [0.05, 0.1) is 15.8 Å². The van der Waals surface area contributed by atoms with Gasteiger partial charge in [-0.05, 0) is 56.9 Å². The van der Waals surface area contributed by atoms with E-state index in [0.29, 0.717) is 11.8 Å². The van der Waals surface area contributed by atoms with E-state index in [-0.39, 0.29) is 27.8 Å². The molecule has 2 aliphatic carbocycles. The van der Waals surface area contributed by atoms with Crippen molar-refractivity contribution in [3.8, 4) is 0 Å². The van der Waals surface area contributed by atoms with Crippen LogP contribution >= 0.6 is 23.4 Å². The Morgan fingerprint density at radius 2 is 2.07 bits per heavy atom. The fourth-order valence-electron chi connectivity index (χ4n) is 4.74. The summed E-state index contributed by atoms with van der Waals surface area (Å²) in [6, 6.07) is 0.912. The standard InChI is InChI=1S/C19H22ClF3N4OS/c1-9(14-6-11-3-4-12(14)5-11)24-17(28)10(2)29-18-26-25-16-15(20)7-13(8-27(16)18)19(21,22)23/h7-12,14H,3-6H2,1-2H3,(H,24,28)/t9-,10-,11+,12+,14-/m0/s1. The smallest absolute Gasteiger partial charge is 0.352 e. The Hall–Kier alpha value is -1.48. The molecule has 2 saturated carbocycles. The molecule has 0 saturated heterocycles. The molecule has 0 aliphatic heterocycles. The fourth-order valence-corrected chi connectivity index (χ4v) is 5.81. The third-order valence-corrected chi connectivity index (χ3v) is 7.55. The van der Waals surface area contributed by atoms with Crippen LogP contribution in [0.3, 0.4) is 0 Å². The Kier molecular flexibility index (Phi) is 5.48. The summed E-state index contributed by atoms with van der Waals surface area (Å²) in [7, 11) is 0. The van der Waals surface area contributed by atoms with E-state index in [1.807, 2.05) is 6.92 Å². The second kappa shape index (κ2) is 7.65. The minimum absolute atomic E-state index is 0.0854. The first-order chi connectivity index (χ1) is 13.6. The number of carbonyl (C=O) groups excluding carboxylic acids is 1. The number of rotatable bonds is 5. The summed E-state index contributed by atoms with van der Waals surface area (Å²) in [5.41, 5.74) is -0.760. The number of halogens is 4. The van der Waals surface area contributed by atoms with Gasteiger partial charge in [0, 0.05) is 12.2 Å². The molecular formula is C19H22ClF3N4OS. The Morgan fingerprint density at radius 1 is 1.31 bits per heavy atom. The number of alkyl halides is 3. The molecule has 2 heterocycles.